The van der Waals surface area contributed by atoms with Crippen LogP contribution in [0.3, 0.4) is 0 Å². The Morgan fingerprint density at radius 3 is 1.55 bits per heavy atom. The number of benzene rings is 1. The Labute approximate surface area is 566 Å². The summed E-state index contributed by atoms with van der Waals surface area (Å²) in [4.78, 5) is 147. The molecule has 0 saturated heterocycles. The van der Waals surface area contributed by atoms with E-state index >= 15 is 0 Å². The number of aliphatic carboxylic acids is 4. The average Bonchev–Trinajstić information content (AvgIpc) is 1.31. The Morgan fingerprint density at radius 2 is 0.979 bits per heavy atom. The van der Waals surface area contributed by atoms with Gasteiger partial charge in [-0.3, -0.25) is 47.9 Å². The van der Waals surface area contributed by atoms with E-state index in [-0.39, 0.29) is 166 Å². The zero-order valence-electron chi connectivity index (χ0n) is 56.4. The van der Waals surface area contributed by atoms with E-state index in [1.165, 1.54) is 32.1 Å². The summed E-state index contributed by atoms with van der Waals surface area (Å²) < 4.78 is 21.5. The number of Topliss-reactive ketones (excluding diaryl/α,β-unsaturated/α-hetero) is 4. The van der Waals surface area contributed by atoms with Gasteiger partial charge in [-0.2, -0.15) is 11.8 Å². The molecule has 0 unspecified atom stereocenters. The Balaban J connectivity index is 0. The molecule has 0 aliphatic rings. The first-order valence-corrected chi connectivity index (χ1v) is 35.3. The number of hydrogen-bond donors (Lipinski definition) is 9. The first kappa shape index (κ1) is 88.8. The van der Waals surface area contributed by atoms with Gasteiger partial charge in [0.1, 0.15) is 42.6 Å². The molecule has 95 heavy (non-hydrogen) atoms. The highest BCUT2D eigenvalue weighted by atomic mass is 32.2. The molecule has 5 atom stereocenters. The zero-order chi connectivity index (χ0) is 69.4. The highest BCUT2D eigenvalue weighted by molar-refractivity contribution is 7.98. The van der Waals surface area contributed by atoms with Crippen molar-refractivity contribution in [3.05, 3.63) is 35.9 Å². The molecule has 4 amide bonds. The van der Waals surface area contributed by atoms with Gasteiger partial charge in [0.05, 0.1) is 51.5 Å². The minimum atomic E-state index is -1.45. The summed E-state index contributed by atoms with van der Waals surface area (Å²) in [6, 6.07) is 6.69. The summed E-state index contributed by atoms with van der Waals surface area (Å²) in [6.45, 7) is 2.36. The Morgan fingerprint density at radius 1 is 0.453 bits per heavy atom. The number of carbonyl (C=O) groups is 12. The molecule has 1 aromatic carbocycles. The molecule has 1 rings (SSSR count). The molecule has 0 heterocycles. The fraction of sp³-hybridized carbons (Fsp3) is 0.735. The number of thioether (sulfide) groups is 1. The lowest BCUT2D eigenvalue weighted by Crippen LogP contribution is -2.42. The maximum absolute atomic E-state index is 13.3. The predicted octanol–water partition coefficient (Wildman–Crippen LogP) is 6.81. The summed E-state index contributed by atoms with van der Waals surface area (Å²) in [5.74, 6) is -7.74. The van der Waals surface area contributed by atoms with Crippen LogP contribution in [0.15, 0.2) is 30.3 Å². The van der Waals surface area contributed by atoms with Gasteiger partial charge in [0, 0.05) is 78.4 Å². The summed E-state index contributed by atoms with van der Waals surface area (Å²) in [6.07, 6.45) is 19.5. The number of rotatable bonds is 66. The van der Waals surface area contributed by atoms with Crippen molar-refractivity contribution < 1.29 is 104 Å². The number of carboxylic acid groups (broad SMARTS) is 4. The lowest BCUT2D eigenvalue weighted by molar-refractivity contribution is -0.145. The molecule has 26 nitrogen and oxygen atoms in total. The number of amides is 4. The van der Waals surface area contributed by atoms with Crippen LogP contribution < -0.4 is 26.6 Å². The van der Waals surface area contributed by atoms with Gasteiger partial charge in [-0.1, -0.05) is 114 Å². The summed E-state index contributed by atoms with van der Waals surface area (Å²) in [5.41, 5.74) is 1.08. The highest BCUT2D eigenvalue weighted by Crippen LogP contribution is 2.19. The molecular weight excluding hydrogens is 1250 g/mol. The lowest BCUT2D eigenvalue weighted by Gasteiger charge is -2.20. The first-order valence-electron chi connectivity index (χ1n) is 33.9. The third kappa shape index (κ3) is 50.8. The molecule has 0 spiro atoms. The number of ether oxygens (including phenoxy) is 4. The SMILES string of the molecule is CCC(=O)[C@H](CCCCNC(=O)CC[C@H](CC(=O)CC[C@H](NC(=O)COCCOCCCC(=O)COCCOCCNC(=O)CC[C@H](NC(=O)CCCCCCCCCCCCCCCCC(=O)O)C(=O)O)C(=O)O)C(=O)O)NCC(=O)[C@H](CCSC)Cc1ccccc1.O.[HH]. The van der Waals surface area contributed by atoms with Gasteiger partial charge < -0.3 is 71.4 Å². The standard InChI is InChI=1S/C68H111N5O20S.H2O.H2/c1-3-59(76)56(71-48-60(77)52(36-45-94-2)46-51-24-17-16-18-25-51)27-21-22-37-69-61(78)34-30-53(66(84)85)47-54(74)31-32-57(67(86)87)73-64(81)50-93-44-41-90-39-23-26-55(75)49-92-43-42-91-40-38-70-62(79)35-33-58(68(88)89)72-63(80)28-19-14-12-10-8-6-4-5-7-9-11-13-15-20-29-65(82)83;;/h16-18,24-25,52-53,56-58,71H,3-15,19-23,26-50H2,1-2H3,(H,69,78)(H,70,79)(H,72,80)(H,73,81)(H,82,83)(H,84,85)(H,86,87)(H,88,89);1H2;1H/t52-,53-,56+,57+,58+;;/m1../s1. The van der Waals surface area contributed by atoms with Crippen molar-refractivity contribution in [2.24, 2.45) is 11.8 Å². The van der Waals surface area contributed by atoms with E-state index in [9.17, 15) is 72.9 Å². The number of unbranched alkanes of at least 4 members (excludes halogenated alkanes) is 14. The van der Waals surface area contributed by atoms with Crippen LogP contribution in [0, 0.1) is 11.8 Å². The number of nitrogens with one attached hydrogen (secondary N) is 5. The number of ketones is 4. The lowest BCUT2D eigenvalue weighted by atomic mass is 9.92. The second kappa shape index (κ2) is 59.1. The Kier molecular flexibility index (Phi) is 55.2. The molecule has 27 heteroatoms. The van der Waals surface area contributed by atoms with Gasteiger partial charge in [-0.05, 0) is 88.2 Å². The summed E-state index contributed by atoms with van der Waals surface area (Å²) in [7, 11) is 0. The Bertz CT molecular complexity index is 2360. The van der Waals surface area contributed by atoms with E-state index in [0.29, 0.717) is 44.9 Å². The molecule has 0 aliphatic heterocycles. The van der Waals surface area contributed by atoms with Crippen molar-refractivity contribution in [3.8, 4) is 0 Å². The quantitative estimate of drug-likeness (QED) is 0.0302. The fourth-order valence-electron chi connectivity index (χ4n) is 10.2. The maximum atomic E-state index is 13.3. The van der Waals surface area contributed by atoms with Crippen molar-refractivity contribution in [3.63, 3.8) is 0 Å². The van der Waals surface area contributed by atoms with E-state index in [4.69, 9.17) is 24.1 Å². The van der Waals surface area contributed by atoms with Crippen molar-refractivity contribution >= 4 is 82.4 Å². The van der Waals surface area contributed by atoms with E-state index in [0.717, 1.165) is 69.1 Å². The third-order valence-electron chi connectivity index (χ3n) is 15.7. The summed E-state index contributed by atoms with van der Waals surface area (Å²) in [5, 5.41) is 51.1. The number of carboxylic acids is 4. The normalized spacial score (nSPS) is 12.7. The van der Waals surface area contributed by atoms with E-state index in [1.54, 1.807) is 18.7 Å². The van der Waals surface area contributed by atoms with Crippen LogP contribution in [0.1, 0.15) is 207 Å². The molecule has 0 saturated carbocycles. The molecule has 544 valence electrons. The van der Waals surface area contributed by atoms with E-state index < -0.39 is 78.5 Å². The number of carbonyl (C=O) groups excluding carboxylic acids is 8. The van der Waals surface area contributed by atoms with Crippen LogP contribution in [0.4, 0.5) is 0 Å². The highest BCUT2D eigenvalue weighted by Gasteiger charge is 2.27. The van der Waals surface area contributed by atoms with Crippen LogP contribution in [0.5, 0.6) is 0 Å². The van der Waals surface area contributed by atoms with Gasteiger partial charge in [0.25, 0.3) is 0 Å². The van der Waals surface area contributed by atoms with Crippen molar-refractivity contribution in [2.75, 3.05) is 84.5 Å². The topological polar surface area (TPSA) is 414 Å². The van der Waals surface area contributed by atoms with Gasteiger partial charge in [0.2, 0.25) is 23.6 Å². The molecule has 0 aliphatic carbocycles. The van der Waals surface area contributed by atoms with Crippen molar-refractivity contribution in [2.45, 2.75) is 224 Å². The fourth-order valence-corrected chi connectivity index (χ4v) is 10.7. The Hall–Kier alpha value is -6.23. The van der Waals surface area contributed by atoms with Gasteiger partial charge in [-0.15, -0.1) is 0 Å². The molecule has 0 radical (unpaired) electrons. The molecule has 0 aromatic heterocycles. The third-order valence-corrected chi connectivity index (χ3v) is 16.4. The van der Waals surface area contributed by atoms with Crippen LogP contribution >= 0.6 is 11.8 Å². The predicted molar refractivity (Wildman–Crippen MR) is 361 cm³/mol. The second-order valence-corrected chi connectivity index (χ2v) is 24.7. The maximum Gasteiger partial charge on any atom is 0.326 e. The molecule has 0 bridgehead atoms. The largest absolute Gasteiger partial charge is 0.481 e. The molecule has 0 fully saturated rings. The minimum absolute atomic E-state index is 0. The van der Waals surface area contributed by atoms with E-state index in [1.807, 2.05) is 36.6 Å². The van der Waals surface area contributed by atoms with Crippen LogP contribution in [-0.2, 0) is 82.9 Å². The van der Waals surface area contributed by atoms with Crippen molar-refractivity contribution in [1.29, 1.82) is 0 Å². The monoisotopic (exact) mass is 1370 g/mol. The zero-order valence-corrected chi connectivity index (χ0v) is 57.2. The number of hydrogen-bond acceptors (Lipinski definition) is 18. The van der Waals surface area contributed by atoms with Gasteiger partial charge >= 0.3 is 23.9 Å². The average molecular weight is 1370 g/mol. The molecule has 11 N–H and O–H groups in total. The van der Waals surface area contributed by atoms with Crippen LogP contribution in [0.25, 0.3) is 0 Å². The van der Waals surface area contributed by atoms with Gasteiger partial charge in [-0.25, -0.2) is 9.59 Å². The molecule has 1 aromatic rings. The second-order valence-electron chi connectivity index (χ2n) is 23.7. The summed E-state index contributed by atoms with van der Waals surface area (Å²) >= 11 is 1.68. The van der Waals surface area contributed by atoms with Crippen LogP contribution in [0.2, 0.25) is 0 Å². The molecular formula is C68H115N5O21S. The van der Waals surface area contributed by atoms with E-state index in [2.05, 4.69) is 26.6 Å². The first-order chi connectivity index (χ1) is 45.2. The van der Waals surface area contributed by atoms with Crippen LogP contribution in [-0.4, -0.2) is 199 Å². The van der Waals surface area contributed by atoms with Crippen molar-refractivity contribution in [1.82, 2.24) is 26.6 Å². The smallest absolute Gasteiger partial charge is 0.326 e. The van der Waals surface area contributed by atoms with Gasteiger partial charge in [0.15, 0.2) is 5.78 Å². The minimum Gasteiger partial charge on any atom is -0.481 e.